The number of hydrogen-bond acceptors (Lipinski definition) is 3. The zero-order chi connectivity index (χ0) is 12.8. The molecule has 1 aliphatic heterocycles. The Labute approximate surface area is 110 Å². The van der Waals surface area contributed by atoms with Gasteiger partial charge in [-0.15, -0.1) is 6.58 Å². The lowest BCUT2D eigenvalue weighted by Crippen LogP contribution is -2.53. The molecule has 1 aromatic rings. The predicted octanol–water partition coefficient (Wildman–Crippen LogP) is 2.02. The maximum Gasteiger partial charge on any atom is 0.466 e. The third-order valence-corrected chi connectivity index (χ3v) is 2.87. The molecule has 1 heterocycles. The fourth-order valence-corrected chi connectivity index (χ4v) is 1.89. The second kappa shape index (κ2) is 6.83. The van der Waals surface area contributed by atoms with Gasteiger partial charge in [0, 0.05) is 0 Å². The van der Waals surface area contributed by atoms with Gasteiger partial charge in [0.25, 0.3) is 0 Å². The lowest BCUT2D eigenvalue weighted by molar-refractivity contribution is 0.289. The van der Waals surface area contributed by atoms with Gasteiger partial charge in [-0.05, 0) is 24.5 Å². The van der Waals surface area contributed by atoms with Crippen LogP contribution >= 0.6 is 0 Å². The van der Waals surface area contributed by atoms with E-state index in [0.717, 1.165) is 24.5 Å². The Bertz CT molecular complexity index is 374. The molecule has 1 aliphatic rings. The van der Waals surface area contributed by atoms with Crippen molar-refractivity contribution in [3.05, 3.63) is 43.0 Å². The van der Waals surface area contributed by atoms with E-state index in [4.69, 9.17) is 13.7 Å². The Balaban J connectivity index is 2.03. The van der Waals surface area contributed by atoms with Gasteiger partial charge in [-0.2, -0.15) is 0 Å². The average molecular weight is 242 g/mol. The molecule has 0 aliphatic carbocycles. The smallest absolute Gasteiger partial charge is 0.453 e. The van der Waals surface area contributed by atoms with E-state index in [1.54, 1.807) is 0 Å². The summed E-state index contributed by atoms with van der Waals surface area (Å²) in [6, 6.07) is 9.96. The SMILES string of the molecule is C=CCCB1OB(CC)OB(c2ccccc2)O1. The summed E-state index contributed by atoms with van der Waals surface area (Å²) in [5.74, 6) is 0. The Morgan fingerprint density at radius 3 is 2.50 bits per heavy atom. The molecule has 0 radical (unpaired) electrons. The Kier molecular flexibility index (Phi) is 5.11. The van der Waals surface area contributed by atoms with Crippen LogP contribution in [0.2, 0.25) is 12.6 Å². The monoisotopic (exact) mass is 242 g/mol. The number of allylic oxidation sites excluding steroid dienone is 1. The zero-order valence-electron chi connectivity index (χ0n) is 10.7. The minimum Gasteiger partial charge on any atom is -0.453 e. The van der Waals surface area contributed by atoms with Crippen LogP contribution in [0.4, 0.5) is 0 Å². The molecule has 0 N–H and O–H groups in total. The normalized spacial score (nSPS) is 15.9. The average Bonchev–Trinajstić information content (AvgIpc) is 2.45. The summed E-state index contributed by atoms with van der Waals surface area (Å²) in [7, 11) is -0.745. The third kappa shape index (κ3) is 3.51. The summed E-state index contributed by atoms with van der Waals surface area (Å²) >= 11 is 0. The molecule has 1 fully saturated rings. The fourth-order valence-electron chi connectivity index (χ4n) is 1.89. The summed E-state index contributed by atoms with van der Waals surface area (Å²) in [5, 5.41) is 0. The van der Waals surface area contributed by atoms with Gasteiger partial charge in [0.05, 0.1) is 0 Å². The van der Waals surface area contributed by atoms with Crippen LogP contribution in [0.1, 0.15) is 13.3 Å². The number of hydrogen-bond donors (Lipinski definition) is 0. The molecule has 0 aromatic heterocycles. The summed E-state index contributed by atoms with van der Waals surface area (Å²) in [5.41, 5.74) is 1.03. The fraction of sp³-hybridized carbons (Fsp3) is 0.333. The second-order valence-electron chi connectivity index (χ2n) is 4.28. The van der Waals surface area contributed by atoms with Gasteiger partial charge in [0.15, 0.2) is 0 Å². The molecule has 6 heteroatoms. The largest absolute Gasteiger partial charge is 0.466 e. The highest BCUT2D eigenvalue weighted by molar-refractivity contribution is 6.79. The van der Waals surface area contributed by atoms with Crippen molar-refractivity contribution >= 4 is 26.8 Å². The molecule has 0 amide bonds. The zero-order valence-corrected chi connectivity index (χ0v) is 10.7. The second-order valence-corrected chi connectivity index (χ2v) is 4.28. The standard InChI is InChI=1S/C12H17B3O3/c1-3-5-11-14-16-13(4-2)17-15(18-14)12-9-7-6-8-10-12/h3,6-10H,1,4-5,11H2,2H3. The highest BCUT2D eigenvalue weighted by Crippen LogP contribution is 2.15. The first-order chi connectivity index (χ1) is 8.83. The van der Waals surface area contributed by atoms with E-state index >= 15 is 0 Å². The van der Waals surface area contributed by atoms with E-state index in [1.807, 2.05) is 43.3 Å². The van der Waals surface area contributed by atoms with Crippen LogP contribution < -0.4 is 5.46 Å². The van der Waals surface area contributed by atoms with Crippen molar-refractivity contribution in [3.63, 3.8) is 0 Å². The Morgan fingerprint density at radius 1 is 1.11 bits per heavy atom. The molecular formula is C12H17B3O3. The van der Waals surface area contributed by atoms with E-state index in [-0.39, 0.29) is 21.4 Å². The van der Waals surface area contributed by atoms with Crippen LogP contribution in [0.5, 0.6) is 0 Å². The van der Waals surface area contributed by atoms with Crippen molar-refractivity contribution in [2.75, 3.05) is 0 Å². The van der Waals surface area contributed by atoms with Gasteiger partial charge in [0.2, 0.25) is 0 Å². The van der Waals surface area contributed by atoms with Crippen molar-refractivity contribution in [1.29, 1.82) is 0 Å². The lowest BCUT2D eigenvalue weighted by atomic mass is 9.64. The minimum absolute atomic E-state index is 0.196. The molecule has 0 unspecified atom stereocenters. The van der Waals surface area contributed by atoms with Crippen molar-refractivity contribution in [2.24, 2.45) is 0 Å². The summed E-state index contributed by atoms with van der Waals surface area (Å²) in [4.78, 5) is 0. The van der Waals surface area contributed by atoms with Crippen LogP contribution in [0.15, 0.2) is 43.0 Å². The van der Waals surface area contributed by atoms with Crippen LogP contribution in [-0.2, 0) is 13.7 Å². The lowest BCUT2D eigenvalue weighted by Gasteiger charge is -2.30. The molecule has 0 atom stereocenters. The Morgan fingerprint density at radius 2 is 1.83 bits per heavy atom. The van der Waals surface area contributed by atoms with Crippen LogP contribution in [0.25, 0.3) is 0 Å². The summed E-state index contributed by atoms with van der Waals surface area (Å²) < 4.78 is 17.3. The quantitative estimate of drug-likeness (QED) is 0.583. The molecule has 2 rings (SSSR count). The number of rotatable bonds is 5. The van der Waals surface area contributed by atoms with Gasteiger partial charge >= 0.3 is 21.4 Å². The molecule has 18 heavy (non-hydrogen) atoms. The summed E-state index contributed by atoms with van der Waals surface area (Å²) in [6.07, 6.45) is 4.38. The molecule has 0 saturated carbocycles. The van der Waals surface area contributed by atoms with E-state index in [0.29, 0.717) is 0 Å². The van der Waals surface area contributed by atoms with Gasteiger partial charge in [0.1, 0.15) is 0 Å². The van der Waals surface area contributed by atoms with Crippen molar-refractivity contribution in [3.8, 4) is 0 Å². The first-order valence-electron chi connectivity index (χ1n) is 6.45. The topological polar surface area (TPSA) is 27.7 Å². The number of benzene rings is 1. The van der Waals surface area contributed by atoms with Crippen LogP contribution in [-0.4, -0.2) is 21.4 Å². The first kappa shape index (κ1) is 13.5. The molecule has 1 saturated heterocycles. The molecular weight excluding hydrogens is 225 g/mol. The molecule has 0 bridgehead atoms. The molecule has 0 spiro atoms. The van der Waals surface area contributed by atoms with E-state index in [1.165, 1.54) is 0 Å². The molecule has 1 aromatic carbocycles. The van der Waals surface area contributed by atoms with Crippen molar-refractivity contribution in [2.45, 2.75) is 26.0 Å². The Hall–Kier alpha value is -0.965. The van der Waals surface area contributed by atoms with E-state index in [9.17, 15) is 0 Å². The van der Waals surface area contributed by atoms with Gasteiger partial charge in [-0.3, -0.25) is 0 Å². The maximum absolute atomic E-state index is 5.81. The van der Waals surface area contributed by atoms with Crippen molar-refractivity contribution < 1.29 is 13.7 Å². The van der Waals surface area contributed by atoms with E-state index < -0.39 is 0 Å². The van der Waals surface area contributed by atoms with Gasteiger partial charge < -0.3 is 13.7 Å². The first-order valence-corrected chi connectivity index (χ1v) is 6.45. The van der Waals surface area contributed by atoms with Crippen LogP contribution in [0, 0.1) is 0 Å². The molecule has 3 nitrogen and oxygen atoms in total. The highest BCUT2D eigenvalue weighted by atomic mass is 16.7. The molecule has 92 valence electrons. The van der Waals surface area contributed by atoms with Gasteiger partial charge in [-0.1, -0.05) is 43.3 Å². The maximum atomic E-state index is 5.81. The predicted molar refractivity (Wildman–Crippen MR) is 76.7 cm³/mol. The van der Waals surface area contributed by atoms with E-state index in [2.05, 4.69) is 6.58 Å². The highest BCUT2D eigenvalue weighted by Gasteiger charge is 2.39. The summed E-state index contributed by atoms with van der Waals surface area (Å²) in [6.45, 7) is 5.76. The minimum atomic E-state index is -0.334. The third-order valence-electron chi connectivity index (χ3n) is 2.87. The van der Waals surface area contributed by atoms with Gasteiger partial charge in [-0.25, -0.2) is 0 Å². The van der Waals surface area contributed by atoms with Crippen molar-refractivity contribution in [1.82, 2.24) is 0 Å². The van der Waals surface area contributed by atoms with Crippen LogP contribution in [0.3, 0.4) is 0 Å².